The molecular weight excluding hydrogens is 267 g/mol. The summed E-state index contributed by atoms with van der Waals surface area (Å²) in [6, 6.07) is 4.06. The maximum absolute atomic E-state index is 13.1. The van der Waals surface area contributed by atoms with Gasteiger partial charge in [0, 0.05) is 19.3 Å². The molecule has 1 aromatic carbocycles. The van der Waals surface area contributed by atoms with Crippen molar-refractivity contribution in [3.8, 4) is 0 Å². The molecule has 1 aromatic rings. The number of alkyl halides is 3. The summed E-state index contributed by atoms with van der Waals surface area (Å²) in [7, 11) is 1.71. The van der Waals surface area contributed by atoms with Crippen LogP contribution < -0.4 is 4.90 Å². The Bertz CT molecular complexity index is 453. The monoisotopic (exact) mass is 287 g/mol. The van der Waals surface area contributed by atoms with E-state index in [9.17, 15) is 13.2 Å². The van der Waals surface area contributed by atoms with E-state index in [0.29, 0.717) is 12.5 Å². The first-order valence-corrected chi connectivity index (χ1v) is 6.94. The summed E-state index contributed by atoms with van der Waals surface area (Å²) < 4.78 is 39.4. The summed E-state index contributed by atoms with van der Waals surface area (Å²) in [4.78, 5) is 1.69. The molecule has 0 aromatic heterocycles. The highest BCUT2D eigenvalue weighted by Gasteiger charge is 2.35. The van der Waals surface area contributed by atoms with Gasteiger partial charge in [-0.1, -0.05) is 18.9 Å². The van der Waals surface area contributed by atoms with Crippen LogP contribution in [0.4, 0.5) is 18.9 Å². The van der Waals surface area contributed by atoms with Crippen molar-refractivity contribution in [1.82, 2.24) is 0 Å². The molecule has 0 aliphatic heterocycles. The average molecular weight is 287 g/mol. The van der Waals surface area contributed by atoms with Gasteiger partial charge in [-0.05, 0) is 36.5 Å². The molecule has 1 fully saturated rings. The molecule has 2 nitrogen and oxygen atoms in total. The number of benzene rings is 1. The number of aliphatic hydroxyl groups excluding tert-OH is 1. The van der Waals surface area contributed by atoms with E-state index >= 15 is 0 Å². The van der Waals surface area contributed by atoms with Crippen molar-refractivity contribution in [2.75, 3.05) is 18.5 Å². The second-order valence-corrected chi connectivity index (χ2v) is 5.54. The van der Waals surface area contributed by atoms with E-state index in [0.717, 1.165) is 18.9 Å². The molecule has 0 bridgehead atoms. The van der Waals surface area contributed by atoms with Crippen LogP contribution in [0, 0.1) is 5.92 Å². The van der Waals surface area contributed by atoms with Crippen LogP contribution in [-0.4, -0.2) is 18.7 Å². The largest absolute Gasteiger partial charge is 0.418 e. The van der Waals surface area contributed by atoms with Crippen molar-refractivity contribution in [3.05, 3.63) is 29.3 Å². The van der Waals surface area contributed by atoms with Crippen molar-refractivity contribution >= 4 is 5.69 Å². The standard InChI is InChI=1S/C15H20F3NO/c1-19(9-11-4-2-3-5-11)14-7-6-12(10-20)8-13(14)15(16,17)18/h6-8,11,20H,2-5,9-10H2,1H3. The molecule has 0 unspecified atom stereocenters. The summed E-state index contributed by atoms with van der Waals surface area (Å²) in [6.07, 6.45) is 0.146. The number of anilines is 1. The molecule has 20 heavy (non-hydrogen) atoms. The van der Waals surface area contributed by atoms with E-state index < -0.39 is 11.7 Å². The third-order valence-corrected chi connectivity index (χ3v) is 3.97. The lowest BCUT2D eigenvalue weighted by Crippen LogP contribution is -2.26. The van der Waals surface area contributed by atoms with E-state index in [1.165, 1.54) is 18.9 Å². The van der Waals surface area contributed by atoms with Crippen molar-refractivity contribution in [2.24, 2.45) is 5.92 Å². The lowest BCUT2D eigenvalue weighted by atomic mass is 10.0. The van der Waals surface area contributed by atoms with Gasteiger partial charge in [0.05, 0.1) is 12.2 Å². The van der Waals surface area contributed by atoms with Crippen molar-refractivity contribution in [2.45, 2.75) is 38.5 Å². The number of halogens is 3. The Morgan fingerprint density at radius 3 is 2.45 bits per heavy atom. The SMILES string of the molecule is CN(CC1CCCC1)c1ccc(CO)cc1C(F)(F)F. The first-order valence-electron chi connectivity index (χ1n) is 6.94. The molecule has 1 N–H and O–H groups in total. The van der Waals surface area contributed by atoms with Crippen LogP contribution >= 0.6 is 0 Å². The molecule has 1 saturated carbocycles. The van der Waals surface area contributed by atoms with Crippen molar-refractivity contribution in [3.63, 3.8) is 0 Å². The maximum Gasteiger partial charge on any atom is 0.418 e. The molecule has 2 rings (SSSR count). The van der Waals surface area contributed by atoms with Crippen LogP contribution in [0.2, 0.25) is 0 Å². The highest BCUT2D eigenvalue weighted by atomic mass is 19.4. The van der Waals surface area contributed by atoms with Crippen LogP contribution in [0.15, 0.2) is 18.2 Å². The van der Waals surface area contributed by atoms with Gasteiger partial charge in [0.1, 0.15) is 0 Å². The van der Waals surface area contributed by atoms with Gasteiger partial charge in [0.25, 0.3) is 0 Å². The van der Waals surface area contributed by atoms with E-state index in [2.05, 4.69) is 0 Å². The van der Waals surface area contributed by atoms with Gasteiger partial charge in [0.2, 0.25) is 0 Å². The Hall–Kier alpha value is -1.23. The zero-order valence-corrected chi connectivity index (χ0v) is 11.6. The Balaban J connectivity index is 2.24. The van der Waals surface area contributed by atoms with Gasteiger partial charge in [-0.2, -0.15) is 13.2 Å². The van der Waals surface area contributed by atoms with Gasteiger partial charge in [-0.25, -0.2) is 0 Å². The molecule has 0 spiro atoms. The Labute approximate surface area is 117 Å². The first-order chi connectivity index (χ1) is 9.41. The van der Waals surface area contributed by atoms with E-state index in [4.69, 9.17) is 5.11 Å². The number of hydrogen-bond donors (Lipinski definition) is 1. The van der Waals surface area contributed by atoms with Crippen LogP contribution in [0.5, 0.6) is 0 Å². The van der Waals surface area contributed by atoms with Crippen molar-refractivity contribution < 1.29 is 18.3 Å². The highest BCUT2D eigenvalue weighted by Crippen LogP contribution is 2.38. The van der Waals surface area contributed by atoms with Crippen molar-refractivity contribution in [1.29, 1.82) is 0 Å². The summed E-state index contributed by atoms with van der Waals surface area (Å²) >= 11 is 0. The predicted octanol–water partition coefficient (Wildman–Crippen LogP) is 3.82. The molecule has 0 radical (unpaired) electrons. The topological polar surface area (TPSA) is 23.5 Å². The minimum absolute atomic E-state index is 0.196. The first kappa shape index (κ1) is 15.2. The average Bonchev–Trinajstić information content (AvgIpc) is 2.89. The second-order valence-electron chi connectivity index (χ2n) is 5.54. The predicted molar refractivity (Wildman–Crippen MR) is 72.6 cm³/mol. The summed E-state index contributed by atoms with van der Waals surface area (Å²) in [6.45, 7) is 0.275. The van der Waals surface area contributed by atoms with Gasteiger partial charge in [-0.3, -0.25) is 0 Å². The van der Waals surface area contributed by atoms with Gasteiger partial charge in [0.15, 0.2) is 0 Å². The molecule has 0 amide bonds. The number of aliphatic hydroxyl groups is 1. The summed E-state index contributed by atoms with van der Waals surface area (Å²) in [5.74, 6) is 0.485. The lowest BCUT2D eigenvalue weighted by molar-refractivity contribution is -0.137. The minimum Gasteiger partial charge on any atom is -0.392 e. The second kappa shape index (κ2) is 6.04. The molecule has 1 aliphatic rings. The number of rotatable bonds is 4. The zero-order chi connectivity index (χ0) is 14.8. The Kier molecular flexibility index (Phi) is 4.58. The fourth-order valence-corrected chi connectivity index (χ4v) is 2.92. The van der Waals surface area contributed by atoms with Gasteiger partial charge in [-0.15, -0.1) is 0 Å². The maximum atomic E-state index is 13.1. The Morgan fingerprint density at radius 1 is 1.25 bits per heavy atom. The molecule has 112 valence electrons. The molecule has 0 atom stereocenters. The smallest absolute Gasteiger partial charge is 0.392 e. The van der Waals surface area contributed by atoms with Crippen LogP contribution in [0.1, 0.15) is 36.8 Å². The molecular formula is C15H20F3NO. The molecule has 0 saturated heterocycles. The van der Waals surface area contributed by atoms with Crippen LogP contribution in [0.3, 0.4) is 0 Å². The third-order valence-electron chi connectivity index (χ3n) is 3.97. The quantitative estimate of drug-likeness (QED) is 0.910. The van der Waals surface area contributed by atoms with Crippen LogP contribution in [0.25, 0.3) is 0 Å². The Morgan fingerprint density at radius 2 is 1.90 bits per heavy atom. The highest BCUT2D eigenvalue weighted by molar-refractivity contribution is 5.56. The number of nitrogens with zero attached hydrogens (tertiary/aromatic N) is 1. The zero-order valence-electron chi connectivity index (χ0n) is 11.6. The minimum atomic E-state index is -4.40. The van der Waals surface area contributed by atoms with Gasteiger partial charge >= 0.3 is 6.18 Å². The van der Waals surface area contributed by atoms with E-state index in [-0.39, 0.29) is 17.9 Å². The summed E-state index contributed by atoms with van der Waals surface area (Å²) in [5.41, 5.74) is -0.179. The van der Waals surface area contributed by atoms with Gasteiger partial charge < -0.3 is 10.0 Å². The van der Waals surface area contributed by atoms with E-state index in [1.807, 2.05) is 0 Å². The fraction of sp³-hybridized carbons (Fsp3) is 0.600. The molecule has 1 aliphatic carbocycles. The normalized spacial score (nSPS) is 16.6. The molecule has 5 heteroatoms. The van der Waals surface area contributed by atoms with E-state index in [1.54, 1.807) is 18.0 Å². The third kappa shape index (κ3) is 3.45. The fourth-order valence-electron chi connectivity index (χ4n) is 2.92. The summed E-state index contributed by atoms with van der Waals surface area (Å²) in [5, 5.41) is 9.01. The lowest BCUT2D eigenvalue weighted by Gasteiger charge is -2.26. The molecule has 0 heterocycles. The number of hydrogen-bond acceptors (Lipinski definition) is 2. The van der Waals surface area contributed by atoms with Crippen LogP contribution in [-0.2, 0) is 12.8 Å².